The fraction of sp³-hybridized carbons (Fsp3) is 0.333. The van der Waals surface area contributed by atoms with Gasteiger partial charge in [0, 0.05) is 35.6 Å². The highest BCUT2D eigenvalue weighted by atomic mass is 79.9. The van der Waals surface area contributed by atoms with Gasteiger partial charge in [-0.05, 0) is 42.2 Å². The van der Waals surface area contributed by atoms with Gasteiger partial charge in [0.2, 0.25) is 11.8 Å². The third kappa shape index (κ3) is 5.54. The lowest BCUT2D eigenvalue weighted by Crippen LogP contribution is -2.28. The minimum absolute atomic E-state index is 0.208. The summed E-state index contributed by atoms with van der Waals surface area (Å²) in [7, 11) is 1.55. The molecular formula is C21H24BrF2N5O. The average Bonchev–Trinajstić information content (AvgIpc) is 3.03. The van der Waals surface area contributed by atoms with Crippen molar-refractivity contribution in [2.45, 2.75) is 31.1 Å². The molecule has 6 nitrogen and oxygen atoms in total. The Morgan fingerprint density at radius 2 is 1.87 bits per heavy atom. The van der Waals surface area contributed by atoms with Gasteiger partial charge < -0.3 is 11.1 Å². The van der Waals surface area contributed by atoms with Crippen LogP contribution in [0.2, 0.25) is 0 Å². The van der Waals surface area contributed by atoms with E-state index in [4.69, 9.17) is 11.6 Å². The van der Waals surface area contributed by atoms with Gasteiger partial charge in [0.1, 0.15) is 0 Å². The maximum atomic E-state index is 13.9. The van der Waals surface area contributed by atoms with Crippen molar-refractivity contribution in [2.24, 2.45) is 22.6 Å². The van der Waals surface area contributed by atoms with Crippen LogP contribution in [0.3, 0.4) is 0 Å². The molecule has 1 aliphatic rings. The Morgan fingerprint density at radius 3 is 2.40 bits per heavy atom. The van der Waals surface area contributed by atoms with Crippen LogP contribution in [0.1, 0.15) is 36.3 Å². The Bertz CT molecular complexity index is 916. The lowest BCUT2D eigenvalue weighted by atomic mass is 9.83. The monoisotopic (exact) mass is 479 g/mol. The summed E-state index contributed by atoms with van der Waals surface area (Å²) >= 11 is 3.35. The van der Waals surface area contributed by atoms with E-state index in [2.05, 4.69) is 26.3 Å². The van der Waals surface area contributed by atoms with Crippen LogP contribution >= 0.6 is 15.9 Å². The number of nitrogens with two attached hydrogens (primary N) is 2. The standard InChI is InChI=1S/C21H24BrF2N5O/c1-29(26)28-19(25)14-4-2-13(3-5-14)18(15-10-11-21(23,24)12-15)20(30)27-17-8-6-16(22)7-9-17/h2-9,15,18H,10-12,26H2,1H3,(H2,25,28)(H,27,30). The van der Waals surface area contributed by atoms with Crippen molar-refractivity contribution in [1.82, 2.24) is 5.12 Å². The van der Waals surface area contributed by atoms with Crippen LogP contribution < -0.4 is 16.9 Å². The normalized spacial score (nSPS) is 19.4. The first-order valence-corrected chi connectivity index (χ1v) is 10.3. The number of hydrazine groups is 1. The van der Waals surface area contributed by atoms with Gasteiger partial charge in [-0.25, -0.2) is 19.7 Å². The van der Waals surface area contributed by atoms with Crippen LogP contribution in [0.4, 0.5) is 14.5 Å². The number of anilines is 1. The molecule has 0 spiro atoms. The Morgan fingerprint density at radius 1 is 1.23 bits per heavy atom. The van der Waals surface area contributed by atoms with Gasteiger partial charge in [-0.1, -0.05) is 40.2 Å². The summed E-state index contributed by atoms with van der Waals surface area (Å²) < 4.78 is 28.7. The minimum atomic E-state index is -2.75. The van der Waals surface area contributed by atoms with Crippen LogP contribution in [-0.2, 0) is 4.79 Å². The molecule has 0 bridgehead atoms. The molecule has 0 aromatic heterocycles. The summed E-state index contributed by atoms with van der Waals surface area (Å²) in [5.41, 5.74) is 7.79. The quantitative estimate of drug-likeness (QED) is 0.252. The zero-order valence-electron chi connectivity index (χ0n) is 16.5. The van der Waals surface area contributed by atoms with Crippen molar-refractivity contribution in [1.29, 1.82) is 0 Å². The number of hydrogen-bond donors (Lipinski definition) is 3. The third-order valence-corrected chi connectivity index (χ3v) is 5.67. The predicted octanol–water partition coefficient (Wildman–Crippen LogP) is 4.03. The van der Waals surface area contributed by atoms with E-state index in [0.717, 1.165) is 9.59 Å². The molecule has 30 heavy (non-hydrogen) atoms. The van der Waals surface area contributed by atoms with Gasteiger partial charge >= 0.3 is 0 Å². The molecule has 2 aromatic carbocycles. The summed E-state index contributed by atoms with van der Waals surface area (Å²) in [5, 5.41) is 7.89. The summed E-state index contributed by atoms with van der Waals surface area (Å²) in [6.07, 6.45) is -0.232. The number of rotatable bonds is 6. The zero-order valence-corrected chi connectivity index (χ0v) is 18.1. The molecule has 0 radical (unpaired) electrons. The summed E-state index contributed by atoms with van der Waals surface area (Å²) in [5.74, 6) is 1.48. The van der Waals surface area contributed by atoms with Crippen molar-refractivity contribution in [2.75, 3.05) is 12.4 Å². The molecule has 0 heterocycles. The number of hydrazone groups is 1. The second-order valence-corrected chi connectivity index (χ2v) is 8.43. The van der Waals surface area contributed by atoms with Gasteiger partial charge in [0.15, 0.2) is 5.84 Å². The SMILES string of the molecule is CN(N)/N=C(\N)c1ccc(C(C(=O)Nc2ccc(Br)cc2)C2CCC(F)(F)C2)cc1. The maximum absolute atomic E-state index is 13.9. The van der Waals surface area contributed by atoms with Crippen molar-refractivity contribution in [3.8, 4) is 0 Å². The number of carbonyl (C=O) groups is 1. The lowest BCUT2D eigenvalue weighted by Gasteiger charge is -2.24. The Labute approximate surface area is 182 Å². The summed E-state index contributed by atoms with van der Waals surface area (Å²) in [6.45, 7) is 0. The fourth-order valence-corrected chi connectivity index (χ4v) is 4.01. The van der Waals surface area contributed by atoms with Gasteiger partial charge in [0.05, 0.1) is 5.92 Å². The molecule has 1 saturated carbocycles. The average molecular weight is 480 g/mol. The van der Waals surface area contributed by atoms with E-state index < -0.39 is 17.8 Å². The number of carbonyl (C=O) groups excluding carboxylic acids is 1. The lowest BCUT2D eigenvalue weighted by molar-refractivity contribution is -0.118. The van der Waals surface area contributed by atoms with Crippen LogP contribution in [-0.4, -0.2) is 29.8 Å². The highest BCUT2D eigenvalue weighted by molar-refractivity contribution is 9.10. The van der Waals surface area contributed by atoms with Crippen LogP contribution in [0, 0.1) is 5.92 Å². The molecule has 1 amide bonds. The highest BCUT2D eigenvalue weighted by Crippen LogP contribution is 2.45. The molecular weight excluding hydrogens is 456 g/mol. The number of alkyl halides is 2. The molecule has 2 unspecified atom stereocenters. The number of amidine groups is 1. The van der Waals surface area contributed by atoms with Crippen LogP contribution in [0.15, 0.2) is 58.1 Å². The van der Waals surface area contributed by atoms with Gasteiger partial charge in [-0.2, -0.15) is 0 Å². The van der Waals surface area contributed by atoms with Gasteiger partial charge in [-0.15, -0.1) is 5.10 Å². The highest BCUT2D eigenvalue weighted by Gasteiger charge is 2.45. The predicted molar refractivity (Wildman–Crippen MR) is 117 cm³/mol. The number of nitrogens with zero attached hydrogens (tertiary/aromatic N) is 2. The first-order valence-electron chi connectivity index (χ1n) is 9.52. The molecule has 9 heteroatoms. The number of halogens is 3. The van der Waals surface area contributed by atoms with E-state index >= 15 is 0 Å². The summed E-state index contributed by atoms with van der Waals surface area (Å²) in [4.78, 5) is 13.1. The molecule has 2 aromatic rings. The Kier molecular flexibility index (Phi) is 6.72. The van der Waals surface area contributed by atoms with E-state index in [9.17, 15) is 13.6 Å². The smallest absolute Gasteiger partial charge is 0.248 e. The number of hydrogen-bond acceptors (Lipinski definition) is 4. The van der Waals surface area contributed by atoms with E-state index in [1.54, 1.807) is 55.6 Å². The largest absolute Gasteiger partial charge is 0.382 e. The van der Waals surface area contributed by atoms with Crippen LogP contribution in [0.25, 0.3) is 0 Å². The molecule has 2 atom stereocenters. The van der Waals surface area contributed by atoms with E-state index in [1.807, 2.05) is 0 Å². The maximum Gasteiger partial charge on any atom is 0.248 e. The van der Waals surface area contributed by atoms with Crippen molar-refractivity contribution in [3.63, 3.8) is 0 Å². The van der Waals surface area contributed by atoms with Crippen molar-refractivity contribution < 1.29 is 13.6 Å². The molecule has 0 saturated heterocycles. The first-order chi connectivity index (χ1) is 14.1. The third-order valence-electron chi connectivity index (χ3n) is 5.14. The molecule has 1 aliphatic carbocycles. The fourth-order valence-electron chi connectivity index (χ4n) is 3.75. The molecule has 5 N–H and O–H groups in total. The molecule has 0 aliphatic heterocycles. The second-order valence-electron chi connectivity index (χ2n) is 7.51. The van der Waals surface area contributed by atoms with E-state index in [1.165, 1.54) is 0 Å². The number of benzene rings is 2. The van der Waals surface area contributed by atoms with E-state index in [-0.39, 0.29) is 31.0 Å². The topological polar surface area (TPSA) is 96.7 Å². The van der Waals surface area contributed by atoms with Gasteiger partial charge in [0.25, 0.3) is 0 Å². The molecule has 1 fully saturated rings. The number of amides is 1. The Balaban J connectivity index is 1.87. The van der Waals surface area contributed by atoms with Gasteiger partial charge in [-0.3, -0.25) is 4.79 Å². The van der Waals surface area contributed by atoms with Crippen molar-refractivity contribution in [3.05, 3.63) is 64.1 Å². The Hall–Kier alpha value is -2.52. The first kappa shape index (κ1) is 22.2. The van der Waals surface area contributed by atoms with Crippen molar-refractivity contribution >= 4 is 33.4 Å². The van der Waals surface area contributed by atoms with E-state index in [0.29, 0.717) is 16.8 Å². The molecule has 160 valence electrons. The number of nitrogens with one attached hydrogen (secondary N) is 1. The summed E-state index contributed by atoms with van der Waals surface area (Å²) in [6, 6.07) is 14.0. The second kappa shape index (κ2) is 9.09. The zero-order chi connectivity index (χ0) is 21.9. The minimum Gasteiger partial charge on any atom is -0.382 e. The van der Waals surface area contributed by atoms with Crippen LogP contribution in [0.5, 0.6) is 0 Å². The molecule has 3 rings (SSSR count).